The molecular formula is C29H27F4N5O3. The van der Waals surface area contributed by atoms with E-state index in [9.17, 15) is 27.2 Å². The number of hydrazine groups is 1. The maximum absolute atomic E-state index is 14.4. The molecule has 0 saturated carbocycles. The molecule has 0 radical (unpaired) electrons. The second kappa shape index (κ2) is 11.5. The smallest absolute Gasteiger partial charge is 0.398 e. The van der Waals surface area contributed by atoms with Gasteiger partial charge in [-0.25, -0.2) is 15.2 Å². The van der Waals surface area contributed by atoms with Crippen molar-refractivity contribution in [2.24, 2.45) is 11.6 Å². The molecule has 2 aliphatic heterocycles. The van der Waals surface area contributed by atoms with Crippen molar-refractivity contribution in [1.29, 1.82) is 0 Å². The van der Waals surface area contributed by atoms with Crippen LogP contribution in [0, 0.1) is 5.82 Å². The number of allylic oxidation sites excluding steroid dienone is 2. The number of fused-ring (bicyclic) bond motifs is 1. The Morgan fingerprint density at radius 1 is 1.27 bits per heavy atom. The van der Waals surface area contributed by atoms with Gasteiger partial charge in [-0.3, -0.25) is 14.6 Å². The number of nitrogens with one attached hydrogen (secondary N) is 1. The van der Waals surface area contributed by atoms with Crippen molar-refractivity contribution in [3.8, 4) is 17.0 Å². The minimum Gasteiger partial charge on any atom is -0.489 e. The Bertz CT molecular complexity index is 1530. The molecule has 8 nitrogen and oxygen atoms in total. The van der Waals surface area contributed by atoms with Crippen molar-refractivity contribution in [2.45, 2.75) is 37.8 Å². The Morgan fingerprint density at radius 3 is 2.59 bits per heavy atom. The number of pyridine rings is 1. The lowest BCUT2D eigenvalue weighted by atomic mass is 9.82. The van der Waals surface area contributed by atoms with Gasteiger partial charge < -0.3 is 15.8 Å². The lowest BCUT2D eigenvalue weighted by molar-refractivity contribution is -0.151. The number of nitrogens with zero attached hydrogens (tertiary/aromatic N) is 2. The van der Waals surface area contributed by atoms with Crippen LogP contribution in [0.25, 0.3) is 11.3 Å². The van der Waals surface area contributed by atoms with E-state index in [1.54, 1.807) is 6.08 Å². The second-order valence-electron chi connectivity index (χ2n) is 9.66. The molecule has 1 aromatic carbocycles. The fourth-order valence-corrected chi connectivity index (χ4v) is 4.26. The normalized spacial score (nSPS) is 18.5. The third kappa shape index (κ3) is 6.10. The van der Waals surface area contributed by atoms with E-state index in [4.69, 9.17) is 16.3 Å². The molecule has 2 atom stereocenters. The van der Waals surface area contributed by atoms with Crippen LogP contribution < -0.4 is 21.6 Å². The first kappa shape index (κ1) is 29.4. The summed E-state index contributed by atoms with van der Waals surface area (Å²) in [6.07, 6.45) is 1.74. The molecule has 0 aliphatic carbocycles. The average Bonchev–Trinajstić information content (AvgIpc) is 3.27. The summed E-state index contributed by atoms with van der Waals surface area (Å²) in [4.78, 5) is 29.4. The molecular weight excluding hydrogens is 542 g/mol. The summed E-state index contributed by atoms with van der Waals surface area (Å²) in [5.74, 6) is 1.55. The molecule has 4 rings (SSSR count). The van der Waals surface area contributed by atoms with Crippen LogP contribution in [0.15, 0.2) is 77.5 Å². The number of nitrogens with two attached hydrogens (primary N) is 2. The molecule has 0 bridgehead atoms. The van der Waals surface area contributed by atoms with Gasteiger partial charge in [-0.05, 0) is 67.6 Å². The number of alkyl halides is 3. The van der Waals surface area contributed by atoms with Gasteiger partial charge in [-0.1, -0.05) is 12.7 Å². The van der Waals surface area contributed by atoms with Gasteiger partial charge in [0.25, 0.3) is 5.91 Å². The van der Waals surface area contributed by atoms with Crippen LogP contribution >= 0.6 is 0 Å². The number of carbonyl (C=O) groups excluding carboxylic acids is 2. The molecule has 2 amide bonds. The molecule has 0 fully saturated rings. The molecule has 2 aliphatic rings. The van der Waals surface area contributed by atoms with Crippen molar-refractivity contribution in [2.75, 3.05) is 13.2 Å². The van der Waals surface area contributed by atoms with Crippen molar-refractivity contribution >= 4 is 11.8 Å². The molecule has 0 saturated heterocycles. The van der Waals surface area contributed by atoms with Gasteiger partial charge in [-0.2, -0.15) is 13.2 Å². The molecule has 2 aromatic rings. The van der Waals surface area contributed by atoms with Crippen LogP contribution in [-0.2, 0) is 15.0 Å². The maximum atomic E-state index is 14.4. The number of halogens is 4. The number of aromatic nitrogens is 1. The molecule has 0 unspecified atom stereocenters. The summed E-state index contributed by atoms with van der Waals surface area (Å²) < 4.78 is 62.5. The first-order chi connectivity index (χ1) is 19.3. The topological polar surface area (TPSA) is 124 Å². The van der Waals surface area contributed by atoms with Gasteiger partial charge in [0.05, 0.1) is 11.3 Å². The average molecular weight is 570 g/mol. The van der Waals surface area contributed by atoms with Gasteiger partial charge in [0, 0.05) is 23.9 Å². The first-order valence-electron chi connectivity index (χ1n) is 12.6. The molecule has 3 heterocycles. The summed E-state index contributed by atoms with van der Waals surface area (Å²) in [5, 5.41) is 3.40. The van der Waals surface area contributed by atoms with Crippen molar-refractivity contribution in [3.05, 3.63) is 94.6 Å². The van der Waals surface area contributed by atoms with E-state index in [1.165, 1.54) is 37.4 Å². The molecule has 214 valence electrons. The predicted octanol–water partition coefficient (Wildman–Crippen LogP) is 4.02. The second-order valence-corrected chi connectivity index (χ2v) is 9.66. The Morgan fingerprint density at radius 2 is 1.98 bits per heavy atom. The molecule has 1 aromatic heterocycles. The zero-order valence-electron chi connectivity index (χ0n) is 22.2. The van der Waals surface area contributed by atoms with E-state index < -0.39 is 47.4 Å². The summed E-state index contributed by atoms with van der Waals surface area (Å²) in [6, 6.07) is 6.06. The zero-order chi connectivity index (χ0) is 29.9. The van der Waals surface area contributed by atoms with E-state index in [-0.39, 0.29) is 34.8 Å². The highest BCUT2D eigenvalue weighted by molar-refractivity contribution is 5.96. The van der Waals surface area contributed by atoms with Crippen molar-refractivity contribution in [1.82, 2.24) is 15.3 Å². The van der Waals surface area contributed by atoms with Crippen LogP contribution in [0.3, 0.4) is 0 Å². The summed E-state index contributed by atoms with van der Waals surface area (Å²) in [7, 11) is 0. The molecule has 0 spiro atoms. The van der Waals surface area contributed by atoms with Crippen LogP contribution in [0.4, 0.5) is 17.6 Å². The predicted molar refractivity (Wildman–Crippen MR) is 142 cm³/mol. The summed E-state index contributed by atoms with van der Waals surface area (Å²) in [5.41, 5.74) is 10.1. The Balaban J connectivity index is 1.69. The van der Waals surface area contributed by atoms with E-state index in [0.717, 1.165) is 29.6 Å². The number of carbonyl (C=O) groups is 2. The third-order valence-corrected chi connectivity index (χ3v) is 6.72. The van der Waals surface area contributed by atoms with Crippen LogP contribution in [-0.4, -0.2) is 41.1 Å². The third-order valence-electron chi connectivity index (χ3n) is 6.72. The van der Waals surface area contributed by atoms with Crippen molar-refractivity contribution < 1.29 is 31.9 Å². The Kier molecular flexibility index (Phi) is 8.21. The number of benzene rings is 1. The summed E-state index contributed by atoms with van der Waals surface area (Å²) >= 11 is 0. The number of ether oxygens (including phenoxy) is 1. The minimum absolute atomic E-state index is 0.00996. The first-order valence-corrected chi connectivity index (χ1v) is 12.6. The fraction of sp³-hybridized carbons (Fsp3) is 0.276. The molecule has 12 heteroatoms. The van der Waals surface area contributed by atoms with Crippen molar-refractivity contribution in [3.63, 3.8) is 0 Å². The standard InChI is InChI=1S/C29H27F4N5O3/c1-3-4-5-6-20-12-9-18(15-38(20)35)26(39)36-14-22(29(31,32)33)23-13-21-25(41-16-28(21,2)27(34)40)24(37-23)17-7-10-19(30)11-8-17/h4,7-13,15,22H,3,14,16,35H2,1-2H3,(H2,34,40)(H,36,39)/t22-,28+/m1/s1. The van der Waals surface area contributed by atoms with Gasteiger partial charge in [0.15, 0.2) is 0 Å². The highest BCUT2D eigenvalue weighted by atomic mass is 19.4. The largest absolute Gasteiger partial charge is 0.489 e. The van der Waals surface area contributed by atoms with Crippen LogP contribution in [0.2, 0.25) is 0 Å². The monoisotopic (exact) mass is 569 g/mol. The molecule has 41 heavy (non-hydrogen) atoms. The van der Waals surface area contributed by atoms with E-state index in [1.807, 2.05) is 6.92 Å². The Labute approximate surface area is 233 Å². The van der Waals surface area contributed by atoms with E-state index in [0.29, 0.717) is 5.70 Å². The number of amides is 2. The fourth-order valence-electron chi connectivity index (χ4n) is 4.26. The quantitative estimate of drug-likeness (QED) is 0.263. The Hall–Kier alpha value is -4.63. The van der Waals surface area contributed by atoms with E-state index in [2.05, 4.69) is 21.8 Å². The number of hydrogen-bond donors (Lipinski definition) is 3. The zero-order valence-corrected chi connectivity index (χ0v) is 22.2. The molecule has 5 N–H and O–H groups in total. The maximum Gasteiger partial charge on any atom is 0.398 e. The lowest BCUT2D eigenvalue weighted by Crippen LogP contribution is -2.40. The van der Waals surface area contributed by atoms with Gasteiger partial charge in [-0.15, -0.1) is 0 Å². The van der Waals surface area contributed by atoms with E-state index >= 15 is 0 Å². The van der Waals surface area contributed by atoms with Crippen LogP contribution in [0.5, 0.6) is 5.75 Å². The van der Waals surface area contributed by atoms with Crippen LogP contribution in [0.1, 0.15) is 37.4 Å². The highest BCUT2D eigenvalue weighted by Crippen LogP contribution is 2.46. The van der Waals surface area contributed by atoms with Gasteiger partial charge in [0.2, 0.25) is 5.91 Å². The SMILES string of the molecule is CCC=C=C=C1C=CC(C(=O)NC[C@H](c2cc3c(c(-c4ccc(F)cc4)n2)OC[C@]3(C)C(N)=O)C(F)(F)F)=CN1N. The van der Waals surface area contributed by atoms with Gasteiger partial charge in [0.1, 0.15) is 40.9 Å². The summed E-state index contributed by atoms with van der Waals surface area (Å²) in [6.45, 7) is 2.29. The number of rotatable bonds is 7. The lowest BCUT2D eigenvalue weighted by Gasteiger charge is -2.24. The number of primary amides is 1. The highest BCUT2D eigenvalue weighted by Gasteiger charge is 2.47. The minimum atomic E-state index is -4.85. The van der Waals surface area contributed by atoms with Gasteiger partial charge >= 0.3 is 6.18 Å². The number of hydrogen-bond acceptors (Lipinski definition) is 6.